The summed E-state index contributed by atoms with van der Waals surface area (Å²) in [7, 11) is 0. The molecule has 3 atom stereocenters. The van der Waals surface area contributed by atoms with Crippen molar-refractivity contribution >= 4 is 5.91 Å². The van der Waals surface area contributed by atoms with E-state index in [9.17, 15) is 13.6 Å². The van der Waals surface area contributed by atoms with Gasteiger partial charge in [-0.15, -0.1) is 0 Å². The maximum absolute atomic E-state index is 13.2. The van der Waals surface area contributed by atoms with E-state index in [2.05, 4.69) is 10.6 Å². The van der Waals surface area contributed by atoms with Crippen LogP contribution in [0.3, 0.4) is 0 Å². The highest BCUT2D eigenvalue weighted by Crippen LogP contribution is 2.42. The summed E-state index contributed by atoms with van der Waals surface area (Å²) < 4.78 is 26.4. The van der Waals surface area contributed by atoms with E-state index in [1.54, 1.807) is 0 Å². The van der Waals surface area contributed by atoms with Crippen LogP contribution in [0.5, 0.6) is 0 Å². The molecule has 5 heteroatoms. The molecule has 0 radical (unpaired) electrons. The third kappa shape index (κ3) is 2.17. The van der Waals surface area contributed by atoms with Crippen molar-refractivity contribution in [3.63, 3.8) is 0 Å². The molecule has 0 aromatic carbocycles. The minimum atomic E-state index is -2.64. The first kappa shape index (κ1) is 11.4. The van der Waals surface area contributed by atoms with Crippen LogP contribution >= 0.6 is 0 Å². The van der Waals surface area contributed by atoms with Crippen LogP contribution in [0.2, 0.25) is 0 Å². The summed E-state index contributed by atoms with van der Waals surface area (Å²) in [5.41, 5.74) is 0. The van der Waals surface area contributed by atoms with Gasteiger partial charge in [-0.1, -0.05) is 0 Å². The molecule has 2 N–H and O–H groups in total. The Kier molecular flexibility index (Phi) is 2.61. The smallest absolute Gasteiger partial charge is 0.248 e. The predicted molar refractivity (Wildman–Crippen MR) is 58.7 cm³/mol. The van der Waals surface area contributed by atoms with Gasteiger partial charge in [-0.25, -0.2) is 8.78 Å². The van der Waals surface area contributed by atoms with Gasteiger partial charge in [0.05, 0.1) is 0 Å². The van der Waals surface area contributed by atoms with E-state index in [-0.39, 0.29) is 24.8 Å². The molecule has 17 heavy (non-hydrogen) atoms. The monoisotopic (exact) mass is 244 g/mol. The highest BCUT2D eigenvalue weighted by Gasteiger charge is 2.54. The number of alkyl halides is 2. The summed E-state index contributed by atoms with van der Waals surface area (Å²) in [5.74, 6) is -2.18. The van der Waals surface area contributed by atoms with Crippen LogP contribution in [0.25, 0.3) is 0 Å². The molecule has 2 aliphatic carbocycles. The fourth-order valence-electron chi connectivity index (χ4n) is 3.31. The third-order valence-electron chi connectivity index (χ3n) is 4.41. The molecule has 1 heterocycles. The van der Waals surface area contributed by atoms with Gasteiger partial charge in [0.2, 0.25) is 11.8 Å². The van der Waals surface area contributed by atoms with Crippen LogP contribution in [0.1, 0.15) is 25.7 Å². The molecule has 0 aromatic rings. The number of nitrogens with one attached hydrogen (secondary N) is 2. The van der Waals surface area contributed by atoms with Crippen molar-refractivity contribution in [1.29, 1.82) is 0 Å². The van der Waals surface area contributed by atoms with Crippen molar-refractivity contribution in [1.82, 2.24) is 10.6 Å². The molecule has 0 spiro atoms. The average molecular weight is 244 g/mol. The fourth-order valence-corrected chi connectivity index (χ4v) is 3.31. The number of rotatable bonds is 2. The first-order valence-corrected chi connectivity index (χ1v) is 6.46. The number of hydrogen-bond donors (Lipinski definition) is 2. The van der Waals surface area contributed by atoms with Gasteiger partial charge in [-0.05, 0) is 24.7 Å². The minimum Gasteiger partial charge on any atom is -0.352 e. The second kappa shape index (κ2) is 3.90. The Morgan fingerprint density at radius 1 is 1.29 bits per heavy atom. The van der Waals surface area contributed by atoms with Gasteiger partial charge in [-0.2, -0.15) is 0 Å². The second-order valence-corrected chi connectivity index (χ2v) is 5.67. The van der Waals surface area contributed by atoms with Crippen molar-refractivity contribution < 1.29 is 13.6 Å². The summed E-state index contributed by atoms with van der Waals surface area (Å²) in [5, 5.41) is 6.20. The Labute approximate surface area is 99.3 Å². The van der Waals surface area contributed by atoms with Gasteiger partial charge in [0.1, 0.15) is 0 Å². The largest absolute Gasteiger partial charge is 0.352 e. The van der Waals surface area contributed by atoms with Crippen LogP contribution in [-0.2, 0) is 4.79 Å². The van der Waals surface area contributed by atoms with Crippen molar-refractivity contribution in [3.8, 4) is 0 Å². The number of halogens is 2. The zero-order valence-corrected chi connectivity index (χ0v) is 9.72. The van der Waals surface area contributed by atoms with Crippen molar-refractivity contribution in [2.45, 2.75) is 37.6 Å². The molecule has 3 unspecified atom stereocenters. The molecule has 3 nitrogen and oxygen atoms in total. The normalized spacial score (nSPS) is 42.9. The molecule has 1 aliphatic heterocycles. The number of fused-ring (bicyclic) bond motifs is 1. The molecule has 96 valence electrons. The summed E-state index contributed by atoms with van der Waals surface area (Å²) in [4.78, 5) is 11.9. The molecule has 2 saturated carbocycles. The maximum Gasteiger partial charge on any atom is 0.248 e. The third-order valence-corrected chi connectivity index (χ3v) is 4.41. The van der Waals surface area contributed by atoms with Gasteiger partial charge >= 0.3 is 0 Å². The van der Waals surface area contributed by atoms with Gasteiger partial charge < -0.3 is 10.6 Å². The van der Waals surface area contributed by atoms with E-state index in [4.69, 9.17) is 0 Å². The summed E-state index contributed by atoms with van der Waals surface area (Å²) >= 11 is 0. The quantitative estimate of drug-likeness (QED) is 0.765. The molecule has 3 rings (SSSR count). The van der Waals surface area contributed by atoms with E-state index in [1.807, 2.05) is 0 Å². The fraction of sp³-hybridized carbons (Fsp3) is 0.917. The molecular formula is C12H18F2N2O. The van der Waals surface area contributed by atoms with Crippen molar-refractivity contribution in [2.75, 3.05) is 13.1 Å². The Morgan fingerprint density at radius 2 is 2.00 bits per heavy atom. The van der Waals surface area contributed by atoms with E-state index in [0.717, 1.165) is 13.1 Å². The number of amides is 1. The number of hydrogen-bond acceptors (Lipinski definition) is 2. The van der Waals surface area contributed by atoms with Gasteiger partial charge in [0.15, 0.2) is 0 Å². The summed E-state index contributed by atoms with van der Waals surface area (Å²) in [6.45, 7) is 1.91. The van der Waals surface area contributed by atoms with Crippen LogP contribution in [0.15, 0.2) is 0 Å². The minimum absolute atomic E-state index is 0.0601. The predicted octanol–water partition coefficient (Wildman–Crippen LogP) is 1.15. The highest BCUT2D eigenvalue weighted by molar-refractivity contribution is 5.79. The van der Waals surface area contributed by atoms with Crippen LogP contribution in [0, 0.1) is 17.8 Å². The lowest BCUT2D eigenvalue weighted by Gasteiger charge is -2.28. The summed E-state index contributed by atoms with van der Waals surface area (Å²) in [6.07, 6.45) is 0.750. The molecule has 1 amide bonds. The molecule has 3 aliphatic rings. The Bertz CT molecular complexity index is 324. The van der Waals surface area contributed by atoms with Gasteiger partial charge in [0.25, 0.3) is 0 Å². The number of carbonyl (C=O) groups excluding carboxylic acids is 1. The van der Waals surface area contributed by atoms with E-state index in [0.29, 0.717) is 24.7 Å². The number of piperidine rings is 1. The number of carbonyl (C=O) groups is 1. The molecule has 0 aromatic heterocycles. The van der Waals surface area contributed by atoms with Crippen LogP contribution in [0.4, 0.5) is 8.78 Å². The summed E-state index contributed by atoms with van der Waals surface area (Å²) in [6, 6.07) is 0.249. The molecule has 1 saturated heterocycles. The van der Waals surface area contributed by atoms with Gasteiger partial charge in [-0.3, -0.25) is 4.79 Å². The first-order chi connectivity index (χ1) is 8.07. The zero-order valence-electron chi connectivity index (χ0n) is 9.72. The first-order valence-electron chi connectivity index (χ1n) is 6.46. The average Bonchev–Trinajstić information content (AvgIpc) is 2.73. The lowest BCUT2D eigenvalue weighted by Crippen LogP contribution is -2.40. The van der Waals surface area contributed by atoms with E-state index >= 15 is 0 Å². The molecular weight excluding hydrogens is 226 g/mol. The van der Waals surface area contributed by atoms with Gasteiger partial charge in [0, 0.05) is 37.9 Å². The highest BCUT2D eigenvalue weighted by atomic mass is 19.3. The molecule has 0 bridgehead atoms. The van der Waals surface area contributed by atoms with Crippen LogP contribution < -0.4 is 10.6 Å². The van der Waals surface area contributed by atoms with E-state index < -0.39 is 11.8 Å². The van der Waals surface area contributed by atoms with Crippen LogP contribution in [-0.4, -0.2) is 31.0 Å². The standard InChI is InChI=1S/C12H18F2N2O/c13-12(14)3-1-2-7(4-12)11(17)16-10-8-5-15-6-9(8)10/h7-10,15H,1-6H2,(H,16,17). The topological polar surface area (TPSA) is 41.1 Å². The van der Waals surface area contributed by atoms with Crippen molar-refractivity contribution in [3.05, 3.63) is 0 Å². The van der Waals surface area contributed by atoms with E-state index in [1.165, 1.54) is 0 Å². The zero-order chi connectivity index (χ0) is 12.0. The Hall–Kier alpha value is -0.710. The molecule has 3 fully saturated rings. The van der Waals surface area contributed by atoms with Crippen molar-refractivity contribution in [2.24, 2.45) is 17.8 Å². The lowest BCUT2D eigenvalue weighted by atomic mass is 9.86. The lowest BCUT2D eigenvalue weighted by molar-refractivity contribution is -0.132. The maximum atomic E-state index is 13.2. The SMILES string of the molecule is O=C(NC1C2CNCC21)C1CCCC(F)(F)C1. The Morgan fingerprint density at radius 3 is 2.65 bits per heavy atom. The Balaban J connectivity index is 1.52. The second-order valence-electron chi connectivity index (χ2n) is 5.67.